The van der Waals surface area contributed by atoms with Gasteiger partial charge in [-0.15, -0.1) is 0 Å². The molecule has 0 unspecified atom stereocenters. The Balaban J connectivity index is 1.76. The molecule has 0 atom stereocenters. The van der Waals surface area contributed by atoms with Crippen molar-refractivity contribution in [1.29, 1.82) is 0 Å². The molecule has 0 aromatic heterocycles. The first-order chi connectivity index (χ1) is 12.5. The van der Waals surface area contributed by atoms with Crippen LogP contribution in [-0.4, -0.2) is 35.3 Å². The van der Waals surface area contributed by atoms with Gasteiger partial charge >= 0.3 is 6.09 Å². The SMILES string of the molecule is CC(C)(C)OC(=O)N[C@H]1CC[C@H](CNC(=O)c2cc(F)c(O)c(F)c2)CC1. The summed E-state index contributed by atoms with van der Waals surface area (Å²) >= 11 is 0. The topological polar surface area (TPSA) is 87.7 Å². The van der Waals surface area contributed by atoms with Crippen molar-refractivity contribution in [3.8, 4) is 5.75 Å². The number of benzene rings is 1. The lowest BCUT2D eigenvalue weighted by atomic mass is 9.86. The Labute approximate surface area is 157 Å². The quantitative estimate of drug-likeness (QED) is 0.742. The van der Waals surface area contributed by atoms with Gasteiger partial charge in [0.25, 0.3) is 5.91 Å². The van der Waals surface area contributed by atoms with Gasteiger partial charge in [0, 0.05) is 18.2 Å². The number of hydrogen-bond donors (Lipinski definition) is 3. The van der Waals surface area contributed by atoms with Crippen molar-refractivity contribution in [2.24, 2.45) is 5.92 Å². The van der Waals surface area contributed by atoms with Gasteiger partial charge in [0.2, 0.25) is 0 Å². The normalized spacial score (nSPS) is 20.0. The number of rotatable bonds is 4. The number of ether oxygens (including phenoxy) is 1. The van der Waals surface area contributed by atoms with Crippen LogP contribution in [0.4, 0.5) is 13.6 Å². The molecule has 2 amide bonds. The van der Waals surface area contributed by atoms with E-state index in [1.165, 1.54) is 0 Å². The minimum Gasteiger partial charge on any atom is -0.503 e. The van der Waals surface area contributed by atoms with Gasteiger partial charge in [0.1, 0.15) is 5.60 Å². The molecule has 0 radical (unpaired) electrons. The zero-order chi connectivity index (χ0) is 20.2. The maximum atomic E-state index is 13.3. The largest absolute Gasteiger partial charge is 0.503 e. The highest BCUT2D eigenvalue weighted by Gasteiger charge is 2.25. The van der Waals surface area contributed by atoms with Crippen molar-refractivity contribution in [2.75, 3.05) is 6.54 Å². The van der Waals surface area contributed by atoms with Crippen LogP contribution in [0.5, 0.6) is 5.75 Å². The number of phenolic OH excluding ortho intramolecular Hbond substituents is 1. The number of carbonyl (C=O) groups excluding carboxylic acids is 2. The van der Waals surface area contributed by atoms with E-state index in [2.05, 4.69) is 10.6 Å². The molecule has 0 aliphatic heterocycles. The number of phenols is 1. The Morgan fingerprint density at radius 2 is 1.70 bits per heavy atom. The first-order valence-corrected chi connectivity index (χ1v) is 9.01. The molecular formula is C19H26F2N2O4. The van der Waals surface area contributed by atoms with Gasteiger partial charge in [-0.1, -0.05) is 0 Å². The molecule has 3 N–H and O–H groups in total. The molecule has 0 saturated heterocycles. The summed E-state index contributed by atoms with van der Waals surface area (Å²) in [6.45, 7) is 5.79. The van der Waals surface area contributed by atoms with Crippen molar-refractivity contribution in [3.63, 3.8) is 0 Å². The number of halogens is 2. The second-order valence-electron chi connectivity index (χ2n) is 7.86. The van der Waals surface area contributed by atoms with E-state index in [0.717, 1.165) is 37.8 Å². The fourth-order valence-electron chi connectivity index (χ4n) is 3.02. The molecule has 0 spiro atoms. The predicted octanol–water partition coefficient (Wildman–Crippen LogP) is 3.48. The summed E-state index contributed by atoms with van der Waals surface area (Å²) in [7, 11) is 0. The Bertz CT molecular complexity index is 672. The van der Waals surface area contributed by atoms with E-state index in [9.17, 15) is 18.4 Å². The van der Waals surface area contributed by atoms with E-state index in [-0.39, 0.29) is 17.5 Å². The molecule has 1 saturated carbocycles. The smallest absolute Gasteiger partial charge is 0.407 e. The Morgan fingerprint density at radius 3 is 2.22 bits per heavy atom. The molecule has 27 heavy (non-hydrogen) atoms. The summed E-state index contributed by atoms with van der Waals surface area (Å²) < 4.78 is 31.9. The number of amides is 2. The lowest BCUT2D eigenvalue weighted by molar-refractivity contribution is 0.0487. The number of nitrogens with one attached hydrogen (secondary N) is 2. The van der Waals surface area contributed by atoms with Crippen molar-refractivity contribution in [3.05, 3.63) is 29.3 Å². The van der Waals surface area contributed by atoms with E-state index in [1.54, 1.807) is 20.8 Å². The number of alkyl carbamates (subject to hydrolysis) is 1. The Hall–Kier alpha value is -2.38. The van der Waals surface area contributed by atoms with Crippen LogP contribution in [0.2, 0.25) is 0 Å². The summed E-state index contributed by atoms with van der Waals surface area (Å²) in [5, 5.41) is 14.6. The molecule has 1 aromatic rings. The summed E-state index contributed by atoms with van der Waals surface area (Å²) in [6, 6.07) is 1.64. The lowest BCUT2D eigenvalue weighted by Crippen LogP contribution is -2.42. The van der Waals surface area contributed by atoms with Gasteiger partial charge in [-0.2, -0.15) is 0 Å². The molecule has 8 heteroatoms. The molecule has 1 aliphatic carbocycles. The maximum Gasteiger partial charge on any atom is 0.407 e. The average Bonchev–Trinajstić information content (AvgIpc) is 2.56. The highest BCUT2D eigenvalue weighted by molar-refractivity contribution is 5.94. The van der Waals surface area contributed by atoms with Crippen LogP contribution in [-0.2, 0) is 4.74 Å². The van der Waals surface area contributed by atoms with Gasteiger partial charge in [-0.3, -0.25) is 4.79 Å². The first-order valence-electron chi connectivity index (χ1n) is 9.01. The van der Waals surface area contributed by atoms with Crippen molar-refractivity contribution < 1.29 is 28.2 Å². The second-order valence-corrected chi connectivity index (χ2v) is 7.86. The molecule has 150 valence electrons. The van der Waals surface area contributed by atoms with Crippen LogP contribution in [0, 0.1) is 17.6 Å². The molecule has 1 aliphatic rings. The fourth-order valence-corrected chi connectivity index (χ4v) is 3.02. The third-order valence-corrected chi connectivity index (χ3v) is 4.40. The molecular weight excluding hydrogens is 358 g/mol. The van der Waals surface area contributed by atoms with E-state index < -0.39 is 35.0 Å². The summed E-state index contributed by atoms with van der Waals surface area (Å²) in [4.78, 5) is 23.8. The first kappa shape index (κ1) is 20.9. The highest BCUT2D eigenvalue weighted by Crippen LogP contribution is 2.25. The molecule has 2 rings (SSSR count). The summed E-state index contributed by atoms with van der Waals surface area (Å²) in [5.74, 6) is -3.82. The van der Waals surface area contributed by atoms with Crippen LogP contribution in [0.3, 0.4) is 0 Å². The van der Waals surface area contributed by atoms with Crippen LogP contribution < -0.4 is 10.6 Å². The van der Waals surface area contributed by atoms with Crippen molar-refractivity contribution >= 4 is 12.0 Å². The Kier molecular flexibility index (Phi) is 6.62. The van der Waals surface area contributed by atoms with E-state index in [0.29, 0.717) is 6.54 Å². The number of aromatic hydroxyl groups is 1. The molecule has 1 aromatic carbocycles. The van der Waals surface area contributed by atoms with Gasteiger partial charge in [0.05, 0.1) is 0 Å². The van der Waals surface area contributed by atoms with Gasteiger partial charge in [-0.05, 0) is 64.5 Å². The molecule has 6 nitrogen and oxygen atoms in total. The predicted molar refractivity (Wildman–Crippen MR) is 95.5 cm³/mol. The third kappa shape index (κ3) is 6.37. The lowest BCUT2D eigenvalue weighted by Gasteiger charge is -2.30. The standard InChI is InChI=1S/C19H26F2N2O4/c1-19(2,3)27-18(26)23-13-6-4-11(5-7-13)10-22-17(25)12-8-14(20)16(24)15(21)9-12/h8-9,11,13,24H,4-7,10H2,1-3H3,(H,22,25)(H,23,26)/t11-,13-. The highest BCUT2D eigenvalue weighted by atomic mass is 19.1. The zero-order valence-corrected chi connectivity index (χ0v) is 15.8. The zero-order valence-electron chi connectivity index (χ0n) is 15.8. The van der Waals surface area contributed by atoms with Gasteiger partial charge in [-0.25, -0.2) is 13.6 Å². The number of hydrogen-bond acceptors (Lipinski definition) is 4. The van der Waals surface area contributed by atoms with Crippen LogP contribution in [0.1, 0.15) is 56.8 Å². The number of carbonyl (C=O) groups is 2. The minimum atomic E-state index is -1.17. The van der Waals surface area contributed by atoms with Crippen LogP contribution in [0.25, 0.3) is 0 Å². The minimum absolute atomic E-state index is 0.0343. The molecule has 0 bridgehead atoms. The van der Waals surface area contributed by atoms with E-state index in [1.807, 2.05) is 0 Å². The fraction of sp³-hybridized carbons (Fsp3) is 0.579. The van der Waals surface area contributed by atoms with E-state index in [4.69, 9.17) is 9.84 Å². The maximum absolute atomic E-state index is 13.3. The van der Waals surface area contributed by atoms with Crippen molar-refractivity contribution in [1.82, 2.24) is 10.6 Å². The van der Waals surface area contributed by atoms with Gasteiger partial charge in [0.15, 0.2) is 17.4 Å². The second kappa shape index (κ2) is 8.54. The molecule has 1 fully saturated rings. The monoisotopic (exact) mass is 384 g/mol. The van der Waals surface area contributed by atoms with Gasteiger partial charge < -0.3 is 20.5 Å². The van der Waals surface area contributed by atoms with Crippen LogP contribution in [0.15, 0.2) is 12.1 Å². The molecule has 0 heterocycles. The Morgan fingerprint density at radius 1 is 1.15 bits per heavy atom. The van der Waals surface area contributed by atoms with Crippen LogP contribution >= 0.6 is 0 Å². The average molecular weight is 384 g/mol. The summed E-state index contributed by atoms with van der Waals surface area (Å²) in [6.07, 6.45) is 2.71. The third-order valence-electron chi connectivity index (χ3n) is 4.40. The summed E-state index contributed by atoms with van der Waals surface area (Å²) in [5.41, 5.74) is -0.721. The van der Waals surface area contributed by atoms with E-state index >= 15 is 0 Å². The van der Waals surface area contributed by atoms with Crippen molar-refractivity contribution in [2.45, 2.75) is 58.1 Å².